The zero-order chi connectivity index (χ0) is 41.4. The Labute approximate surface area is 363 Å². The fourth-order valence-corrected chi connectivity index (χ4v) is 9.86. The van der Waals surface area contributed by atoms with Gasteiger partial charge in [0.05, 0.1) is 11.0 Å². The molecule has 3 heteroatoms. The first-order valence-electron chi connectivity index (χ1n) is 21.5. The normalized spacial score (nSPS) is 11.8. The molecule has 0 aliphatic carbocycles. The van der Waals surface area contributed by atoms with Crippen LogP contribution in [0.15, 0.2) is 233 Å². The van der Waals surface area contributed by atoms with Crippen molar-refractivity contribution >= 4 is 65.7 Å². The van der Waals surface area contributed by atoms with Crippen LogP contribution in [-0.4, -0.2) is 4.57 Å². The van der Waals surface area contributed by atoms with E-state index in [0.717, 1.165) is 82.9 Å². The zero-order valence-corrected chi connectivity index (χ0v) is 34.1. The maximum Gasteiger partial charge on any atom is 0.136 e. The van der Waals surface area contributed by atoms with Crippen LogP contribution < -0.4 is 0 Å². The van der Waals surface area contributed by atoms with Gasteiger partial charge in [-0.25, -0.2) is 0 Å². The number of rotatable bonds is 6. The molecule has 0 unspecified atom stereocenters. The highest BCUT2D eigenvalue weighted by Gasteiger charge is 2.20. The molecule has 0 radical (unpaired) electrons. The Morgan fingerprint density at radius 3 is 1.27 bits per heavy atom. The Bertz CT molecular complexity index is 3830. The van der Waals surface area contributed by atoms with Crippen molar-refractivity contribution in [2.75, 3.05) is 0 Å². The lowest BCUT2D eigenvalue weighted by atomic mass is 9.92. The van der Waals surface area contributed by atoms with E-state index in [4.69, 9.17) is 8.83 Å². The first-order chi connectivity index (χ1) is 31.2. The summed E-state index contributed by atoms with van der Waals surface area (Å²) in [6.07, 6.45) is 0. The van der Waals surface area contributed by atoms with E-state index >= 15 is 0 Å². The summed E-state index contributed by atoms with van der Waals surface area (Å²) in [5.41, 5.74) is 18.5. The summed E-state index contributed by atoms with van der Waals surface area (Å²) in [5.74, 6) is 0. The quantitative estimate of drug-likeness (QED) is 0.168. The molecule has 0 amide bonds. The lowest BCUT2D eigenvalue weighted by Crippen LogP contribution is -1.92. The summed E-state index contributed by atoms with van der Waals surface area (Å²) in [6, 6.07) is 80.4. The van der Waals surface area contributed by atoms with Gasteiger partial charge in [-0.3, -0.25) is 0 Å². The number of nitrogens with zero attached hydrogens (tertiary/aromatic N) is 1. The summed E-state index contributed by atoms with van der Waals surface area (Å²) in [5, 5.41) is 6.82. The van der Waals surface area contributed by atoms with Crippen molar-refractivity contribution in [2.45, 2.75) is 0 Å². The number of benzene rings is 10. The second kappa shape index (κ2) is 14.1. The molecule has 13 rings (SSSR count). The zero-order valence-electron chi connectivity index (χ0n) is 34.1. The van der Waals surface area contributed by atoms with Crippen molar-refractivity contribution in [2.24, 2.45) is 0 Å². The first kappa shape index (κ1) is 35.4. The molecule has 10 aromatic carbocycles. The van der Waals surface area contributed by atoms with Crippen LogP contribution >= 0.6 is 0 Å². The van der Waals surface area contributed by atoms with E-state index in [-0.39, 0.29) is 0 Å². The van der Waals surface area contributed by atoms with Gasteiger partial charge in [0, 0.05) is 38.0 Å². The van der Waals surface area contributed by atoms with Gasteiger partial charge in [0.1, 0.15) is 22.3 Å². The lowest BCUT2D eigenvalue weighted by Gasteiger charge is -2.12. The minimum Gasteiger partial charge on any atom is -0.456 e. The fourth-order valence-electron chi connectivity index (χ4n) is 9.86. The van der Waals surface area contributed by atoms with Crippen molar-refractivity contribution in [1.29, 1.82) is 0 Å². The highest BCUT2D eigenvalue weighted by Crippen LogP contribution is 2.45. The number of para-hydroxylation sites is 2. The summed E-state index contributed by atoms with van der Waals surface area (Å²) < 4.78 is 15.6. The second-order valence-corrected chi connectivity index (χ2v) is 16.4. The van der Waals surface area contributed by atoms with E-state index < -0.39 is 0 Å². The third-order valence-electron chi connectivity index (χ3n) is 12.8. The van der Waals surface area contributed by atoms with Crippen LogP contribution in [0.25, 0.3) is 127 Å². The molecule has 0 aliphatic heterocycles. The topological polar surface area (TPSA) is 31.2 Å². The number of hydrogen-bond donors (Lipinski definition) is 0. The number of hydrogen-bond acceptors (Lipinski definition) is 2. The van der Waals surface area contributed by atoms with Crippen LogP contribution in [0.1, 0.15) is 0 Å². The van der Waals surface area contributed by atoms with Crippen LogP contribution in [0.2, 0.25) is 0 Å². The Morgan fingerprint density at radius 2 is 0.698 bits per heavy atom. The van der Waals surface area contributed by atoms with Crippen LogP contribution in [0.4, 0.5) is 0 Å². The van der Waals surface area contributed by atoms with Gasteiger partial charge in [-0.05, 0) is 141 Å². The lowest BCUT2D eigenvalue weighted by molar-refractivity contribution is 0.668. The molecule has 0 N–H and O–H groups in total. The molecule has 3 aromatic heterocycles. The minimum absolute atomic E-state index is 0.858. The molecule has 0 spiro atoms. The first-order valence-corrected chi connectivity index (χ1v) is 21.5. The van der Waals surface area contributed by atoms with Gasteiger partial charge < -0.3 is 13.4 Å². The van der Waals surface area contributed by atoms with Crippen molar-refractivity contribution < 1.29 is 8.83 Å². The molecule has 294 valence electrons. The highest BCUT2D eigenvalue weighted by atomic mass is 16.3. The Kier molecular flexibility index (Phi) is 7.91. The Hall–Kier alpha value is -8.40. The number of furan rings is 2. The second-order valence-electron chi connectivity index (χ2n) is 16.4. The Morgan fingerprint density at radius 1 is 0.254 bits per heavy atom. The third kappa shape index (κ3) is 5.75. The highest BCUT2D eigenvalue weighted by molar-refractivity contribution is 6.20. The standard InChI is InChI=1S/C60H37NO2/c1-4-14-38(15-5-1)43-32-44(39-16-6-2-7-17-39)34-45(33-43)42-28-31-56-52(37-42)60-49(22-13-25-58(60)63-56)48-21-12-24-57-59(48)51-36-41(27-30-55(51)62-57)40-26-29-54-50(35-40)47-20-10-11-23-53(47)61(54)46-18-8-3-9-19-46/h1-37H. The maximum atomic E-state index is 6.62. The van der Waals surface area contributed by atoms with Crippen molar-refractivity contribution in [1.82, 2.24) is 4.57 Å². The summed E-state index contributed by atoms with van der Waals surface area (Å²) in [7, 11) is 0. The van der Waals surface area contributed by atoms with Crippen LogP contribution in [0, 0.1) is 0 Å². The van der Waals surface area contributed by atoms with Crippen LogP contribution in [0.3, 0.4) is 0 Å². The molecule has 13 aromatic rings. The van der Waals surface area contributed by atoms with E-state index in [2.05, 4.69) is 229 Å². The summed E-state index contributed by atoms with van der Waals surface area (Å²) in [4.78, 5) is 0. The average molecular weight is 804 g/mol. The van der Waals surface area contributed by atoms with E-state index in [9.17, 15) is 0 Å². The molecule has 0 bridgehead atoms. The summed E-state index contributed by atoms with van der Waals surface area (Å²) >= 11 is 0. The monoisotopic (exact) mass is 803 g/mol. The third-order valence-corrected chi connectivity index (χ3v) is 12.8. The van der Waals surface area contributed by atoms with Crippen LogP contribution in [0.5, 0.6) is 0 Å². The average Bonchev–Trinajstić information content (AvgIpc) is 4.03. The molecule has 0 saturated carbocycles. The van der Waals surface area contributed by atoms with E-state index in [1.54, 1.807) is 0 Å². The predicted octanol–water partition coefficient (Wildman–Crippen LogP) is 16.9. The molecule has 63 heavy (non-hydrogen) atoms. The van der Waals surface area contributed by atoms with Gasteiger partial charge in [0.15, 0.2) is 0 Å². The minimum atomic E-state index is 0.858. The van der Waals surface area contributed by atoms with Gasteiger partial charge >= 0.3 is 0 Å². The van der Waals surface area contributed by atoms with E-state index in [1.165, 1.54) is 44.1 Å². The smallest absolute Gasteiger partial charge is 0.136 e. The molecule has 0 saturated heterocycles. The maximum absolute atomic E-state index is 6.62. The van der Waals surface area contributed by atoms with Gasteiger partial charge in [-0.1, -0.05) is 140 Å². The largest absolute Gasteiger partial charge is 0.456 e. The van der Waals surface area contributed by atoms with Gasteiger partial charge in [0.25, 0.3) is 0 Å². The van der Waals surface area contributed by atoms with Crippen molar-refractivity contribution in [3.63, 3.8) is 0 Å². The molecular formula is C60H37NO2. The summed E-state index contributed by atoms with van der Waals surface area (Å²) in [6.45, 7) is 0. The van der Waals surface area contributed by atoms with Gasteiger partial charge in [-0.2, -0.15) is 0 Å². The van der Waals surface area contributed by atoms with E-state index in [0.29, 0.717) is 0 Å². The molecular weight excluding hydrogens is 767 g/mol. The molecule has 3 nitrogen and oxygen atoms in total. The van der Waals surface area contributed by atoms with Crippen molar-refractivity contribution in [3.05, 3.63) is 224 Å². The SMILES string of the molecule is c1ccc(-c2cc(-c3ccccc3)cc(-c3ccc4oc5cccc(-c6cccc7oc8ccc(-c9ccc%10c(c9)c9ccccc9n%10-c9ccccc9)cc8c67)c5c4c3)c2)cc1. The van der Waals surface area contributed by atoms with Crippen LogP contribution in [-0.2, 0) is 0 Å². The predicted molar refractivity (Wildman–Crippen MR) is 263 cm³/mol. The Balaban J connectivity index is 0.971. The molecule has 0 fully saturated rings. The molecule has 0 aliphatic rings. The van der Waals surface area contributed by atoms with Gasteiger partial charge in [0.2, 0.25) is 0 Å². The molecule has 0 atom stereocenters. The number of aromatic nitrogens is 1. The van der Waals surface area contributed by atoms with Gasteiger partial charge in [-0.15, -0.1) is 0 Å². The fraction of sp³-hybridized carbons (Fsp3) is 0. The number of fused-ring (bicyclic) bond motifs is 9. The van der Waals surface area contributed by atoms with Crippen molar-refractivity contribution in [3.8, 4) is 61.3 Å². The van der Waals surface area contributed by atoms with E-state index in [1.807, 2.05) is 0 Å². The molecule has 3 heterocycles.